The summed E-state index contributed by atoms with van der Waals surface area (Å²) in [4.78, 5) is 40.4. The molecule has 1 heterocycles. The summed E-state index contributed by atoms with van der Waals surface area (Å²) in [6.45, 7) is 7.42. The van der Waals surface area contributed by atoms with Crippen LogP contribution in [0.15, 0.2) is 18.2 Å². The molecule has 6 heteroatoms. The van der Waals surface area contributed by atoms with Gasteiger partial charge in [0.2, 0.25) is 0 Å². The molecule has 0 N–H and O–H groups in total. The Balaban J connectivity index is 1.81. The van der Waals surface area contributed by atoms with E-state index in [1.165, 1.54) is 19.3 Å². The van der Waals surface area contributed by atoms with Gasteiger partial charge < -0.3 is 4.74 Å². The summed E-state index contributed by atoms with van der Waals surface area (Å²) in [5.74, 6) is -1.03. The van der Waals surface area contributed by atoms with Gasteiger partial charge in [-0.3, -0.25) is 9.59 Å². The van der Waals surface area contributed by atoms with Crippen LogP contribution in [0.25, 0.3) is 0 Å². The maximum absolute atomic E-state index is 13.4. The highest BCUT2D eigenvalue weighted by atomic mass is 35.5. The number of carbonyl (C=O) groups is 3. The number of anilines is 1. The smallest absolute Gasteiger partial charge is 0.421 e. The number of unbranched alkanes of at least 4 members (excludes halogenated alkanes) is 1. The minimum atomic E-state index is -0.957. The average molecular weight is 434 g/mol. The molecule has 2 aliphatic rings. The molecule has 1 aromatic carbocycles. The number of halogens is 1. The Bertz CT molecular complexity index is 821. The van der Waals surface area contributed by atoms with Crippen molar-refractivity contribution in [2.24, 2.45) is 11.8 Å². The molecular weight excluding hydrogens is 402 g/mol. The van der Waals surface area contributed by atoms with Crippen molar-refractivity contribution in [1.82, 2.24) is 0 Å². The minimum Gasteiger partial charge on any atom is -0.443 e. The van der Waals surface area contributed by atoms with Crippen LogP contribution in [0.1, 0.15) is 84.1 Å². The lowest BCUT2D eigenvalue weighted by atomic mass is 9.75. The summed E-state index contributed by atoms with van der Waals surface area (Å²) in [6, 6.07) is 4.91. The molecule has 0 saturated heterocycles. The molecule has 1 aromatic rings. The van der Waals surface area contributed by atoms with Crippen molar-refractivity contribution >= 4 is 35.1 Å². The van der Waals surface area contributed by atoms with Gasteiger partial charge in [-0.15, -0.1) is 0 Å². The predicted octanol–water partition coefficient (Wildman–Crippen LogP) is 6.27. The number of Topliss-reactive ketones (excluding diaryl/α,β-unsaturated/α-hetero) is 1. The van der Waals surface area contributed by atoms with Crippen molar-refractivity contribution in [1.29, 1.82) is 0 Å². The fourth-order valence-electron chi connectivity index (χ4n) is 4.57. The van der Waals surface area contributed by atoms with Gasteiger partial charge in [0.05, 0.1) is 5.69 Å². The van der Waals surface area contributed by atoms with Crippen LogP contribution in [0.4, 0.5) is 10.5 Å². The van der Waals surface area contributed by atoms with E-state index in [1.54, 1.807) is 39.0 Å². The van der Waals surface area contributed by atoms with Crippen molar-refractivity contribution < 1.29 is 19.1 Å². The van der Waals surface area contributed by atoms with Crippen LogP contribution < -0.4 is 4.90 Å². The van der Waals surface area contributed by atoms with Crippen molar-refractivity contribution in [2.45, 2.75) is 84.2 Å². The summed E-state index contributed by atoms with van der Waals surface area (Å²) >= 11 is 6.13. The standard InChI is InChI=1S/C24H32ClNO4/c1-5-6-7-15-8-10-16(11-9-15)21(27)20-18-13-12-17(25)14-19(18)26(22(20)28)23(29)30-24(2,3)4/h12-16,20H,5-11H2,1-4H3. The molecule has 164 valence electrons. The molecule has 1 saturated carbocycles. The van der Waals surface area contributed by atoms with Crippen LogP contribution in [-0.4, -0.2) is 23.4 Å². The minimum absolute atomic E-state index is 0.0800. The number of amides is 2. The summed E-state index contributed by atoms with van der Waals surface area (Å²) in [7, 11) is 0. The normalized spacial score (nSPS) is 24.0. The maximum Gasteiger partial charge on any atom is 0.421 e. The van der Waals surface area contributed by atoms with E-state index in [1.807, 2.05) is 0 Å². The molecule has 3 rings (SSSR count). The second-order valence-corrected chi connectivity index (χ2v) is 9.99. The van der Waals surface area contributed by atoms with E-state index >= 15 is 0 Å². The Kier molecular flexibility index (Phi) is 6.91. The topological polar surface area (TPSA) is 63.7 Å². The van der Waals surface area contributed by atoms with E-state index in [0.29, 0.717) is 22.2 Å². The second kappa shape index (κ2) is 9.09. The number of fused-ring (bicyclic) bond motifs is 1. The van der Waals surface area contributed by atoms with E-state index < -0.39 is 23.5 Å². The molecule has 0 aromatic heterocycles. The first-order valence-electron chi connectivity index (χ1n) is 11.0. The zero-order chi connectivity index (χ0) is 22.1. The number of imide groups is 1. The number of carbonyl (C=O) groups excluding carboxylic acids is 3. The van der Waals surface area contributed by atoms with Gasteiger partial charge in [0.1, 0.15) is 11.5 Å². The van der Waals surface area contributed by atoms with Crippen LogP contribution in [0, 0.1) is 11.8 Å². The highest BCUT2D eigenvalue weighted by Crippen LogP contribution is 2.43. The molecule has 1 unspecified atom stereocenters. The highest BCUT2D eigenvalue weighted by molar-refractivity contribution is 6.32. The Morgan fingerprint density at radius 1 is 1.17 bits per heavy atom. The number of ketones is 1. The molecule has 0 bridgehead atoms. The maximum atomic E-state index is 13.4. The van der Waals surface area contributed by atoms with Crippen LogP contribution in [0.5, 0.6) is 0 Å². The van der Waals surface area contributed by atoms with E-state index in [2.05, 4.69) is 6.92 Å². The van der Waals surface area contributed by atoms with Crippen LogP contribution in [0.2, 0.25) is 5.02 Å². The third-order valence-corrected chi connectivity index (χ3v) is 6.32. The predicted molar refractivity (Wildman–Crippen MR) is 118 cm³/mol. The van der Waals surface area contributed by atoms with Gasteiger partial charge >= 0.3 is 6.09 Å². The zero-order valence-electron chi connectivity index (χ0n) is 18.4. The molecule has 1 fully saturated rings. The molecule has 1 aliphatic carbocycles. The third-order valence-electron chi connectivity index (χ3n) is 6.09. The molecule has 1 atom stereocenters. The summed E-state index contributed by atoms with van der Waals surface area (Å²) in [6.07, 6.45) is 6.54. The number of ether oxygens (including phenoxy) is 1. The fraction of sp³-hybridized carbons (Fsp3) is 0.625. The Labute approximate surface area is 184 Å². The monoisotopic (exact) mass is 433 g/mol. The Morgan fingerprint density at radius 3 is 2.43 bits per heavy atom. The van der Waals surface area contributed by atoms with E-state index in [-0.39, 0.29) is 11.7 Å². The first-order valence-corrected chi connectivity index (χ1v) is 11.4. The number of hydrogen-bond donors (Lipinski definition) is 0. The van der Waals surface area contributed by atoms with Crippen LogP contribution in [-0.2, 0) is 14.3 Å². The molecule has 0 radical (unpaired) electrons. The lowest BCUT2D eigenvalue weighted by Crippen LogP contribution is -2.41. The highest BCUT2D eigenvalue weighted by Gasteiger charge is 2.48. The number of nitrogens with zero attached hydrogens (tertiary/aromatic N) is 1. The van der Waals surface area contributed by atoms with Crippen molar-refractivity contribution in [3.05, 3.63) is 28.8 Å². The number of rotatable bonds is 5. The number of hydrogen-bond acceptors (Lipinski definition) is 4. The van der Waals surface area contributed by atoms with Gasteiger partial charge in [-0.05, 0) is 70.1 Å². The molecule has 5 nitrogen and oxygen atoms in total. The molecular formula is C24H32ClNO4. The second-order valence-electron chi connectivity index (χ2n) is 9.55. The molecule has 30 heavy (non-hydrogen) atoms. The zero-order valence-corrected chi connectivity index (χ0v) is 19.1. The average Bonchev–Trinajstić information content (AvgIpc) is 2.96. The van der Waals surface area contributed by atoms with Gasteiger partial charge in [-0.25, -0.2) is 9.69 Å². The fourth-order valence-corrected chi connectivity index (χ4v) is 4.74. The van der Waals surface area contributed by atoms with Gasteiger partial charge in [-0.2, -0.15) is 0 Å². The largest absolute Gasteiger partial charge is 0.443 e. The molecule has 2 amide bonds. The lowest BCUT2D eigenvalue weighted by molar-refractivity contribution is -0.131. The number of benzene rings is 1. The first-order chi connectivity index (χ1) is 14.1. The van der Waals surface area contributed by atoms with Gasteiger partial charge in [0.15, 0.2) is 5.78 Å². The van der Waals surface area contributed by atoms with Crippen molar-refractivity contribution in [3.8, 4) is 0 Å². The van der Waals surface area contributed by atoms with Gasteiger partial charge in [0.25, 0.3) is 5.91 Å². The molecule has 1 aliphatic heterocycles. The SMILES string of the molecule is CCCCC1CCC(C(=O)C2C(=O)N(C(=O)OC(C)(C)C)c3cc(Cl)ccc32)CC1. The Hall–Kier alpha value is -1.88. The van der Waals surface area contributed by atoms with Gasteiger partial charge in [0, 0.05) is 10.9 Å². The summed E-state index contributed by atoms with van der Waals surface area (Å²) in [5.41, 5.74) is 0.153. The molecule has 0 spiro atoms. The van der Waals surface area contributed by atoms with E-state index in [0.717, 1.165) is 30.6 Å². The van der Waals surface area contributed by atoms with Crippen molar-refractivity contribution in [2.75, 3.05) is 4.90 Å². The van der Waals surface area contributed by atoms with Gasteiger partial charge in [-0.1, -0.05) is 43.9 Å². The Morgan fingerprint density at radius 2 is 1.83 bits per heavy atom. The quantitative estimate of drug-likeness (QED) is 0.513. The lowest BCUT2D eigenvalue weighted by Gasteiger charge is -2.29. The van der Waals surface area contributed by atoms with Crippen molar-refractivity contribution in [3.63, 3.8) is 0 Å². The van der Waals surface area contributed by atoms with E-state index in [4.69, 9.17) is 16.3 Å². The summed E-state index contributed by atoms with van der Waals surface area (Å²) < 4.78 is 5.43. The first kappa shape index (κ1) is 22.8. The van der Waals surface area contributed by atoms with Crippen LogP contribution >= 0.6 is 11.6 Å². The van der Waals surface area contributed by atoms with E-state index in [9.17, 15) is 14.4 Å². The summed E-state index contributed by atoms with van der Waals surface area (Å²) in [5, 5.41) is 0.402. The third kappa shape index (κ3) is 4.88. The van der Waals surface area contributed by atoms with Crippen LogP contribution in [0.3, 0.4) is 0 Å².